The van der Waals surface area contributed by atoms with Gasteiger partial charge in [0, 0.05) is 29.3 Å². The molecule has 0 atom stereocenters. The summed E-state index contributed by atoms with van der Waals surface area (Å²) in [5, 5.41) is 0. The summed E-state index contributed by atoms with van der Waals surface area (Å²) in [4.78, 5) is 29.4. The van der Waals surface area contributed by atoms with Crippen molar-refractivity contribution in [2.24, 2.45) is 0 Å². The van der Waals surface area contributed by atoms with Crippen molar-refractivity contribution in [1.82, 2.24) is 4.98 Å². The zero-order valence-corrected chi connectivity index (χ0v) is 13.4. The first-order chi connectivity index (χ1) is 11.4. The Kier molecular flexibility index (Phi) is 4.13. The molecule has 0 fully saturated rings. The quantitative estimate of drug-likeness (QED) is 0.865. The highest BCUT2D eigenvalue weighted by Gasteiger charge is 2.30. The maximum atomic E-state index is 14.3. The Morgan fingerprint density at radius 3 is 2.79 bits per heavy atom. The van der Waals surface area contributed by atoms with Crippen LogP contribution in [0.5, 0.6) is 0 Å². The van der Waals surface area contributed by atoms with E-state index in [0.29, 0.717) is 23.4 Å². The largest absolute Gasteiger partial charge is 0.303 e. The summed E-state index contributed by atoms with van der Waals surface area (Å²) in [6.45, 7) is 3.08. The molecule has 0 bridgehead atoms. The third-order valence-electron chi connectivity index (χ3n) is 4.22. The van der Waals surface area contributed by atoms with Gasteiger partial charge < -0.3 is 4.90 Å². The van der Waals surface area contributed by atoms with Crippen LogP contribution in [0.4, 0.5) is 14.5 Å². The van der Waals surface area contributed by atoms with E-state index in [4.69, 9.17) is 0 Å². The molecule has 2 aromatic rings. The molecule has 1 amide bonds. The van der Waals surface area contributed by atoms with Crippen molar-refractivity contribution in [2.75, 3.05) is 11.4 Å². The Hall–Kier alpha value is -2.63. The van der Waals surface area contributed by atoms with E-state index in [-0.39, 0.29) is 35.8 Å². The van der Waals surface area contributed by atoms with Crippen molar-refractivity contribution >= 4 is 17.4 Å². The number of fused-ring (bicyclic) bond motifs is 1. The van der Waals surface area contributed by atoms with Crippen LogP contribution in [0.3, 0.4) is 0 Å². The van der Waals surface area contributed by atoms with Crippen LogP contribution in [0.2, 0.25) is 0 Å². The molecule has 0 saturated heterocycles. The monoisotopic (exact) mass is 330 g/mol. The van der Waals surface area contributed by atoms with E-state index in [1.165, 1.54) is 30.2 Å². The van der Waals surface area contributed by atoms with Crippen molar-refractivity contribution < 1.29 is 18.4 Å². The molecule has 0 saturated carbocycles. The predicted molar refractivity (Wildman–Crippen MR) is 85.7 cm³/mol. The van der Waals surface area contributed by atoms with Gasteiger partial charge in [-0.2, -0.15) is 0 Å². The minimum Gasteiger partial charge on any atom is -0.303 e. The lowest BCUT2D eigenvalue weighted by Crippen LogP contribution is -2.32. The van der Waals surface area contributed by atoms with Gasteiger partial charge in [0.2, 0.25) is 5.91 Å². The van der Waals surface area contributed by atoms with Crippen LogP contribution in [0, 0.1) is 18.6 Å². The molecule has 0 aliphatic carbocycles. The van der Waals surface area contributed by atoms with Gasteiger partial charge >= 0.3 is 0 Å². The number of pyridine rings is 1. The molecule has 6 heteroatoms. The van der Waals surface area contributed by atoms with E-state index in [9.17, 15) is 18.4 Å². The molecule has 2 heterocycles. The first-order valence-electron chi connectivity index (χ1n) is 7.68. The highest BCUT2D eigenvalue weighted by molar-refractivity contribution is 6.05. The van der Waals surface area contributed by atoms with E-state index in [1.807, 2.05) is 0 Å². The van der Waals surface area contributed by atoms with Crippen molar-refractivity contribution in [3.63, 3.8) is 0 Å². The lowest BCUT2D eigenvalue weighted by atomic mass is 10.0. The second-order valence-electron chi connectivity index (χ2n) is 5.77. The minimum atomic E-state index is -0.655. The number of aromatic nitrogens is 1. The summed E-state index contributed by atoms with van der Waals surface area (Å²) in [5.41, 5.74) is 1.66. The number of ketones is 1. The van der Waals surface area contributed by atoms with Crippen LogP contribution in [0.25, 0.3) is 11.1 Å². The van der Waals surface area contributed by atoms with E-state index >= 15 is 0 Å². The molecule has 4 nitrogen and oxygen atoms in total. The maximum Gasteiger partial charge on any atom is 0.233 e. The Bertz CT molecular complexity index is 849. The van der Waals surface area contributed by atoms with Crippen molar-refractivity contribution in [3.8, 4) is 11.1 Å². The van der Waals surface area contributed by atoms with Crippen LogP contribution >= 0.6 is 0 Å². The first kappa shape index (κ1) is 16.2. The van der Waals surface area contributed by atoms with Crippen LogP contribution < -0.4 is 4.90 Å². The Morgan fingerprint density at radius 1 is 1.33 bits per heavy atom. The number of nitrogens with zero attached hydrogens (tertiary/aromatic N) is 2. The Labute approximate surface area is 138 Å². The Morgan fingerprint density at radius 2 is 2.08 bits per heavy atom. The topological polar surface area (TPSA) is 50.3 Å². The SMILES string of the molecule is CCC(=O)CN1C(=O)Cc2ncc(-c3ccc(F)c(C)c3F)cc21. The second kappa shape index (κ2) is 6.11. The molecule has 0 spiro atoms. The van der Waals surface area contributed by atoms with Gasteiger partial charge in [-0.05, 0) is 25.1 Å². The fourth-order valence-corrected chi connectivity index (χ4v) is 2.72. The van der Waals surface area contributed by atoms with Gasteiger partial charge in [-0.1, -0.05) is 6.92 Å². The number of Topliss-reactive ketones (excluding diaryl/α,β-unsaturated/α-hetero) is 1. The average Bonchev–Trinajstić information content (AvgIpc) is 2.88. The van der Waals surface area contributed by atoms with Gasteiger partial charge in [-0.25, -0.2) is 8.78 Å². The number of amides is 1. The molecule has 0 N–H and O–H groups in total. The predicted octanol–water partition coefficient (Wildman–Crippen LogP) is 3.20. The maximum absolute atomic E-state index is 14.3. The Balaban J connectivity index is 2.05. The van der Waals surface area contributed by atoms with Crippen LogP contribution in [-0.2, 0) is 16.0 Å². The number of benzene rings is 1. The van der Waals surface area contributed by atoms with Crippen LogP contribution in [-0.4, -0.2) is 23.2 Å². The van der Waals surface area contributed by atoms with Gasteiger partial charge in [0.1, 0.15) is 11.6 Å². The third-order valence-corrected chi connectivity index (χ3v) is 4.22. The zero-order valence-electron chi connectivity index (χ0n) is 13.4. The number of hydrogen-bond acceptors (Lipinski definition) is 3. The molecule has 24 heavy (non-hydrogen) atoms. The number of anilines is 1. The second-order valence-corrected chi connectivity index (χ2v) is 5.77. The van der Waals surface area contributed by atoms with Gasteiger partial charge in [0.15, 0.2) is 5.78 Å². The summed E-state index contributed by atoms with van der Waals surface area (Å²) >= 11 is 0. The molecule has 1 aromatic heterocycles. The summed E-state index contributed by atoms with van der Waals surface area (Å²) < 4.78 is 27.8. The van der Waals surface area contributed by atoms with Crippen molar-refractivity contribution in [1.29, 1.82) is 0 Å². The summed E-state index contributed by atoms with van der Waals surface area (Å²) in [6.07, 6.45) is 1.92. The smallest absolute Gasteiger partial charge is 0.233 e. The molecule has 0 radical (unpaired) electrons. The number of halogens is 2. The van der Waals surface area contributed by atoms with Gasteiger partial charge in [-0.15, -0.1) is 0 Å². The highest BCUT2D eigenvalue weighted by atomic mass is 19.1. The molecular weight excluding hydrogens is 314 g/mol. The molecule has 124 valence electrons. The summed E-state index contributed by atoms with van der Waals surface area (Å²) in [5.74, 6) is -1.54. The lowest BCUT2D eigenvalue weighted by Gasteiger charge is -2.17. The third kappa shape index (κ3) is 2.68. The summed E-state index contributed by atoms with van der Waals surface area (Å²) in [7, 11) is 0. The lowest BCUT2D eigenvalue weighted by molar-refractivity contribution is -0.121. The number of hydrogen-bond donors (Lipinski definition) is 0. The van der Waals surface area contributed by atoms with E-state index in [0.717, 1.165) is 0 Å². The van der Waals surface area contributed by atoms with Gasteiger partial charge in [0.25, 0.3) is 0 Å². The standard InChI is InChI=1S/C18H16F2N2O2/c1-3-12(23)9-22-16-6-11(8-21-15(16)7-17(22)24)13-4-5-14(19)10(2)18(13)20/h4-6,8H,3,7,9H2,1-2H3. The number of carbonyl (C=O) groups is 2. The van der Waals surface area contributed by atoms with Crippen LogP contribution in [0.1, 0.15) is 24.6 Å². The zero-order chi connectivity index (χ0) is 17.4. The molecule has 0 unspecified atom stereocenters. The molecule has 1 aliphatic heterocycles. The van der Waals surface area contributed by atoms with E-state index in [2.05, 4.69) is 4.98 Å². The number of rotatable bonds is 4. The van der Waals surface area contributed by atoms with Crippen molar-refractivity contribution in [2.45, 2.75) is 26.7 Å². The fraction of sp³-hybridized carbons (Fsp3) is 0.278. The molecule has 1 aliphatic rings. The molecule has 3 rings (SSSR count). The van der Waals surface area contributed by atoms with Crippen molar-refractivity contribution in [3.05, 3.63) is 47.3 Å². The highest BCUT2D eigenvalue weighted by Crippen LogP contribution is 2.33. The molecule has 1 aromatic carbocycles. The normalized spacial score (nSPS) is 13.3. The fourth-order valence-electron chi connectivity index (χ4n) is 2.72. The van der Waals surface area contributed by atoms with Gasteiger partial charge in [0.05, 0.1) is 24.3 Å². The summed E-state index contributed by atoms with van der Waals surface area (Å²) in [6, 6.07) is 4.18. The molecular formula is C18H16F2N2O2. The average molecular weight is 330 g/mol. The van der Waals surface area contributed by atoms with Gasteiger partial charge in [-0.3, -0.25) is 14.6 Å². The van der Waals surface area contributed by atoms with Crippen LogP contribution in [0.15, 0.2) is 24.4 Å². The first-order valence-corrected chi connectivity index (χ1v) is 7.68. The van der Waals surface area contributed by atoms with E-state index < -0.39 is 11.6 Å². The minimum absolute atomic E-state index is 0.0155. The van der Waals surface area contributed by atoms with E-state index in [1.54, 1.807) is 13.0 Å². The number of carbonyl (C=O) groups excluding carboxylic acids is 2.